The number of nitrogens with zero attached hydrogens (tertiary/aromatic N) is 1. The van der Waals surface area contributed by atoms with Crippen molar-refractivity contribution < 1.29 is 9.13 Å². The first kappa shape index (κ1) is 7.98. The molecule has 13 heavy (non-hydrogen) atoms. The molecule has 0 amide bonds. The molecule has 2 aromatic rings. The monoisotopic (exact) mass is 177 g/mol. The predicted molar refractivity (Wildman–Crippen MR) is 48.3 cm³/mol. The number of ether oxygens (including phenoxy) is 1. The average molecular weight is 177 g/mol. The molecule has 3 heteroatoms. The zero-order valence-electron chi connectivity index (χ0n) is 7.12. The molecule has 0 unspecified atom stereocenters. The Morgan fingerprint density at radius 1 is 1.23 bits per heavy atom. The van der Waals surface area contributed by atoms with Gasteiger partial charge >= 0.3 is 0 Å². The Kier molecular flexibility index (Phi) is 1.85. The molecule has 1 aromatic carbocycles. The Labute approximate surface area is 75.0 Å². The van der Waals surface area contributed by atoms with Gasteiger partial charge in [-0.25, -0.2) is 4.98 Å². The van der Waals surface area contributed by atoms with Gasteiger partial charge in [-0.15, -0.1) is 0 Å². The van der Waals surface area contributed by atoms with E-state index in [4.69, 9.17) is 4.74 Å². The standard InChI is InChI=1S/C10H8FNO/c1-13-9-3-2-7-5-10(11)12-6-8(7)4-9/h2-6H,1H3. The molecule has 2 rings (SSSR count). The van der Waals surface area contributed by atoms with Gasteiger partial charge in [-0.2, -0.15) is 4.39 Å². The lowest BCUT2D eigenvalue weighted by molar-refractivity contribution is 0.415. The predicted octanol–water partition coefficient (Wildman–Crippen LogP) is 2.38. The van der Waals surface area contributed by atoms with Gasteiger partial charge in [0.05, 0.1) is 7.11 Å². The second-order valence-electron chi connectivity index (χ2n) is 2.72. The Morgan fingerprint density at radius 3 is 2.85 bits per heavy atom. The number of aromatic nitrogens is 1. The highest BCUT2D eigenvalue weighted by Gasteiger charge is 1.98. The summed E-state index contributed by atoms with van der Waals surface area (Å²) >= 11 is 0. The van der Waals surface area contributed by atoms with Crippen molar-refractivity contribution in [2.24, 2.45) is 0 Å². The van der Waals surface area contributed by atoms with E-state index in [-0.39, 0.29) is 0 Å². The van der Waals surface area contributed by atoms with Crippen LogP contribution in [-0.4, -0.2) is 12.1 Å². The number of benzene rings is 1. The molecule has 0 radical (unpaired) electrons. The third-order valence-electron chi connectivity index (χ3n) is 1.90. The molecule has 0 atom stereocenters. The quantitative estimate of drug-likeness (QED) is 0.624. The molecule has 2 nitrogen and oxygen atoms in total. The maximum atomic E-state index is 12.7. The molecule has 0 bridgehead atoms. The molecule has 0 spiro atoms. The van der Waals surface area contributed by atoms with E-state index in [0.29, 0.717) is 0 Å². The molecule has 0 aliphatic rings. The summed E-state index contributed by atoms with van der Waals surface area (Å²) in [5.74, 6) is 0.290. The van der Waals surface area contributed by atoms with Gasteiger partial charge in [0.25, 0.3) is 0 Å². The molecule has 0 fully saturated rings. The fourth-order valence-corrected chi connectivity index (χ4v) is 1.22. The Balaban J connectivity index is 2.66. The van der Waals surface area contributed by atoms with Gasteiger partial charge in [0.15, 0.2) is 0 Å². The number of halogens is 1. The van der Waals surface area contributed by atoms with Crippen LogP contribution in [0.25, 0.3) is 10.8 Å². The van der Waals surface area contributed by atoms with Gasteiger partial charge in [-0.1, -0.05) is 6.07 Å². The maximum Gasteiger partial charge on any atom is 0.213 e. The summed E-state index contributed by atoms with van der Waals surface area (Å²) in [4.78, 5) is 3.56. The van der Waals surface area contributed by atoms with E-state index in [2.05, 4.69) is 4.98 Å². The van der Waals surface area contributed by atoms with Crippen LogP contribution < -0.4 is 4.74 Å². The zero-order valence-corrected chi connectivity index (χ0v) is 7.12. The number of hydrogen-bond acceptors (Lipinski definition) is 2. The average Bonchev–Trinajstić information content (AvgIpc) is 2.17. The molecule has 0 aliphatic heterocycles. The van der Waals surface area contributed by atoms with Crippen LogP contribution in [-0.2, 0) is 0 Å². The molecule has 0 N–H and O–H groups in total. The van der Waals surface area contributed by atoms with Crippen molar-refractivity contribution in [3.8, 4) is 5.75 Å². The summed E-state index contributed by atoms with van der Waals surface area (Å²) in [5.41, 5.74) is 0. The van der Waals surface area contributed by atoms with Crippen LogP contribution in [0.3, 0.4) is 0 Å². The first-order valence-corrected chi connectivity index (χ1v) is 3.89. The molecule has 0 aliphatic carbocycles. The molecule has 0 saturated heterocycles. The zero-order chi connectivity index (χ0) is 9.26. The largest absolute Gasteiger partial charge is 0.497 e. The van der Waals surface area contributed by atoms with Crippen molar-refractivity contribution in [3.63, 3.8) is 0 Å². The van der Waals surface area contributed by atoms with Crippen LogP contribution >= 0.6 is 0 Å². The van der Waals surface area contributed by atoms with Crippen molar-refractivity contribution in [1.29, 1.82) is 0 Å². The van der Waals surface area contributed by atoms with E-state index >= 15 is 0 Å². The van der Waals surface area contributed by atoms with Gasteiger partial charge in [-0.05, 0) is 17.5 Å². The smallest absolute Gasteiger partial charge is 0.213 e. The number of pyridine rings is 1. The van der Waals surface area contributed by atoms with Crippen molar-refractivity contribution in [2.45, 2.75) is 0 Å². The maximum absolute atomic E-state index is 12.7. The summed E-state index contributed by atoms with van der Waals surface area (Å²) in [5, 5.41) is 1.70. The second kappa shape index (κ2) is 3.01. The van der Waals surface area contributed by atoms with E-state index in [1.165, 1.54) is 12.3 Å². The highest BCUT2D eigenvalue weighted by molar-refractivity contribution is 5.82. The van der Waals surface area contributed by atoms with Crippen LogP contribution in [0.4, 0.5) is 4.39 Å². The third kappa shape index (κ3) is 1.45. The molecule has 0 saturated carbocycles. The van der Waals surface area contributed by atoms with Crippen LogP contribution in [0.2, 0.25) is 0 Å². The van der Waals surface area contributed by atoms with Crippen molar-refractivity contribution >= 4 is 10.8 Å². The lowest BCUT2D eigenvalue weighted by atomic mass is 10.2. The van der Waals surface area contributed by atoms with E-state index < -0.39 is 5.95 Å². The topological polar surface area (TPSA) is 22.1 Å². The van der Waals surface area contributed by atoms with Crippen LogP contribution in [0.15, 0.2) is 30.5 Å². The van der Waals surface area contributed by atoms with Gasteiger partial charge in [0.1, 0.15) is 5.75 Å². The van der Waals surface area contributed by atoms with E-state index in [9.17, 15) is 4.39 Å². The fraction of sp³-hybridized carbons (Fsp3) is 0.100. The second-order valence-corrected chi connectivity index (χ2v) is 2.72. The fourth-order valence-electron chi connectivity index (χ4n) is 1.22. The normalized spacial score (nSPS) is 10.3. The van der Waals surface area contributed by atoms with E-state index in [0.717, 1.165) is 16.5 Å². The molecule has 1 heterocycles. The lowest BCUT2D eigenvalue weighted by Gasteiger charge is -2.01. The van der Waals surface area contributed by atoms with E-state index in [1.807, 2.05) is 6.07 Å². The highest BCUT2D eigenvalue weighted by atomic mass is 19.1. The van der Waals surface area contributed by atoms with Crippen molar-refractivity contribution in [2.75, 3.05) is 7.11 Å². The first-order chi connectivity index (χ1) is 6.29. The lowest BCUT2D eigenvalue weighted by Crippen LogP contribution is -1.85. The van der Waals surface area contributed by atoms with Gasteiger partial charge in [-0.3, -0.25) is 0 Å². The third-order valence-corrected chi connectivity index (χ3v) is 1.90. The number of hydrogen-bond donors (Lipinski definition) is 0. The summed E-state index contributed by atoms with van der Waals surface area (Å²) in [6, 6.07) is 6.82. The Hall–Kier alpha value is -1.64. The van der Waals surface area contributed by atoms with Gasteiger partial charge < -0.3 is 4.74 Å². The summed E-state index contributed by atoms with van der Waals surface area (Å²) < 4.78 is 17.7. The minimum atomic E-state index is -0.460. The van der Waals surface area contributed by atoms with Gasteiger partial charge in [0.2, 0.25) is 5.95 Å². The summed E-state index contributed by atoms with van der Waals surface area (Å²) in [6.07, 6.45) is 1.49. The minimum Gasteiger partial charge on any atom is -0.497 e. The summed E-state index contributed by atoms with van der Waals surface area (Å²) in [7, 11) is 1.60. The molecular formula is C10H8FNO. The first-order valence-electron chi connectivity index (χ1n) is 3.89. The SMILES string of the molecule is COc1ccc2cc(F)ncc2c1. The minimum absolute atomic E-state index is 0.460. The van der Waals surface area contributed by atoms with Crippen LogP contribution in [0.5, 0.6) is 5.75 Å². The number of rotatable bonds is 1. The molecule has 1 aromatic heterocycles. The number of methoxy groups -OCH3 is 1. The Bertz CT molecular complexity index is 442. The van der Waals surface area contributed by atoms with Gasteiger partial charge in [0, 0.05) is 17.6 Å². The van der Waals surface area contributed by atoms with Crippen LogP contribution in [0, 0.1) is 5.95 Å². The molecular weight excluding hydrogens is 169 g/mol. The summed E-state index contributed by atoms with van der Waals surface area (Å²) in [6.45, 7) is 0. The number of fused-ring (bicyclic) bond motifs is 1. The Morgan fingerprint density at radius 2 is 2.08 bits per heavy atom. The molecule has 66 valence electrons. The van der Waals surface area contributed by atoms with Crippen molar-refractivity contribution in [3.05, 3.63) is 36.4 Å². The van der Waals surface area contributed by atoms with E-state index in [1.54, 1.807) is 19.2 Å². The van der Waals surface area contributed by atoms with Crippen LogP contribution in [0.1, 0.15) is 0 Å². The van der Waals surface area contributed by atoms with Crippen molar-refractivity contribution in [1.82, 2.24) is 4.98 Å². The highest BCUT2D eigenvalue weighted by Crippen LogP contribution is 2.19.